The van der Waals surface area contributed by atoms with Gasteiger partial charge in [0.25, 0.3) is 0 Å². The molecule has 0 saturated carbocycles. The molecule has 0 spiro atoms. The summed E-state index contributed by atoms with van der Waals surface area (Å²) in [5.74, 6) is 0. The van der Waals surface area contributed by atoms with Gasteiger partial charge in [-0.05, 0) is 14.1 Å². The van der Waals surface area contributed by atoms with Crippen molar-refractivity contribution in [3.05, 3.63) is 0 Å². The Bertz CT molecular complexity index is 162. The second kappa shape index (κ2) is 4.08. The summed E-state index contributed by atoms with van der Waals surface area (Å²) in [4.78, 5) is 12.2. The lowest BCUT2D eigenvalue weighted by molar-refractivity contribution is 0.338. The fourth-order valence-corrected chi connectivity index (χ4v) is 0.806. The summed E-state index contributed by atoms with van der Waals surface area (Å²) in [6.45, 7) is 2.78. The van der Waals surface area contributed by atoms with Crippen LogP contribution in [0.25, 0.3) is 0 Å². The van der Waals surface area contributed by atoms with Crippen LogP contribution < -0.4 is 0 Å². The average molecular weight is 154 g/mol. The quantitative estimate of drug-likeness (QED) is 0.567. The first-order valence-electron chi connectivity index (χ1n) is 3.69. The van der Waals surface area contributed by atoms with E-state index in [1.165, 1.54) is 0 Å². The highest BCUT2D eigenvalue weighted by Crippen LogP contribution is 1.89. The van der Waals surface area contributed by atoms with Crippen molar-refractivity contribution in [1.82, 2.24) is 9.80 Å². The van der Waals surface area contributed by atoms with E-state index in [1.807, 2.05) is 6.34 Å². The average Bonchev–Trinajstić information content (AvgIpc) is 2.03. The summed E-state index contributed by atoms with van der Waals surface area (Å²) in [6, 6.07) is 0. The summed E-state index contributed by atoms with van der Waals surface area (Å²) in [7, 11) is 4.12. The maximum Gasteiger partial charge on any atom is 0.113 e. The molecule has 0 fully saturated rings. The predicted molar refractivity (Wildman–Crippen MR) is 47.1 cm³/mol. The second-order valence-electron chi connectivity index (χ2n) is 2.82. The van der Waals surface area contributed by atoms with Gasteiger partial charge in [-0.2, -0.15) is 0 Å². The molecule has 0 aromatic heterocycles. The maximum absolute atomic E-state index is 4.02. The van der Waals surface area contributed by atoms with E-state index in [0.717, 1.165) is 19.8 Å². The van der Waals surface area contributed by atoms with Crippen molar-refractivity contribution in [2.24, 2.45) is 9.98 Å². The summed E-state index contributed by atoms with van der Waals surface area (Å²) in [5, 5.41) is 0. The van der Waals surface area contributed by atoms with Crippen molar-refractivity contribution in [1.29, 1.82) is 0 Å². The Morgan fingerprint density at radius 3 is 2.91 bits per heavy atom. The number of hydrogen-bond acceptors (Lipinski definition) is 4. The van der Waals surface area contributed by atoms with E-state index >= 15 is 0 Å². The SMILES string of the molecule is CN(C)CCN1C=NC=NC1. The highest BCUT2D eigenvalue weighted by Gasteiger charge is 2.00. The zero-order valence-electron chi connectivity index (χ0n) is 7.06. The Kier molecular flexibility index (Phi) is 3.04. The van der Waals surface area contributed by atoms with E-state index in [9.17, 15) is 0 Å². The molecule has 11 heavy (non-hydrogen) atoms. The first-order chi connectivity index (χ1) is 5.29. The summed E-state index contributed by atoms with van der Waals surface area (Å²) in [5.41, 5.74) is 0. The highest BCUT2D eigenvalue weighted by molar-refractivity contribution is 5.72. The predicted octanol–water partition coefficient (Wildman–Crippen LogP) is -0.122. The molecule has 4 heteroatoms. The fraction of sp³-hybridized carbons (Fsp3) is 0.714. The van der Waals surface area contributed by atoms with Crippen molar-refractivity contribution < 1.29 is 0 Å². The normalized spacial score (nSPS) is 16.5. The minimum atomic E-state index is 0.747. The van der Waals surface area contributed by atoms with Crippen LogP contribution in [0.5, 0.6) is 0 Å². The Labute approximate surface area is 67.2 Å². The van der Waals surface area contributed by atoms with Gasteiger partial charge in [-0.3, -0.25) is 4.99 Å². The minimum Gasteiger partial charge on any atom is -0.342 e. The van der Waals surface area contributed by atoms with Gasteiger partial charge in [0, 0.05) is 13.1 Å². The number of hydrogen-bond donors (Lipinski definition) is 0. The van der Waals surface area contributed by atoms with E-state index < -0.39 is 0 Å². The third-order valence-electron chi connectivity index (χ3n) is 1.48. The van der Waals surface area contributed by atoms with Gasteiger partial charge in [-0.25, -0.2) is 4.99 Å². The van der Waals surface area contributed by atoms with Crippen molar-refractivity contribution in [3.63, 3.8) is 0 Å². The Balaban J connectivity index is 2.17. The van der Waals surface area contributed by atoms with Gasteiger partial charge >= 0.3 is 0 Å². The second-order valence-corrected chi connectivity index (χ2v) is 2.82. The largest absolute Gasteiger partial charge is 0.342 e. The van der Waals surface area contributed by atoms with Gasteiger partial charge in [-0.1, -0.05) is 0 Å². The van der Waals surface area contributed by atoms with Crippen LogP contribution in [0.3, 0.4) is 0 Å². The summed E-state index contributed by atoms with van der Waals surface area (Å²) >= 11 is 0. The third-order valence-corrected chi connectivity index (χ3v) is 1.48. The molecular formula is C7H14N4. The van der Waals surface area contributed by atoms with Crippen LogP contribution in [0.2, 0.25) is 0 Å². The van der Waals surface area contributed by atoms with E-state index in [2.05, 4.69) is 33.9 Å². The Hall–Kier alpha value is -0.900. The molecule has 0 aromatic rings. The zero-order valence-corrected chi connectivity index (χ0v) is 7.06. The molecule has 0 amide bonds. The lowest BCUT2D eigenvalue weighted by Crippen LogP contribution is -2.32. The molecule has 1 aliphatic heterocycles. The number of likely N-dealkylation sites (N-methyl/N-ethyl adjacent to an activating group) is 1. The summed E-state index contributed by atoms with van der Waals surface area (Å²) < 4.78 is 0. The molecule has 1 aliphatic rings. The third kappa shape index (κ3) is 3.13. The number of aliphatic imine (C=N–C) groups is 2. The monoisotopic (exact) mass is 154 g/mol. The molecule has 0 radical (unpaired) electrons. The molecule has 0 atom stereocenters. The molecule has 4 nitrogen and oxygen atoms in total. The molecular weight excluding hydrogens is 140 g/mol. The molecule has 0 aliphatic carbocycles. The van der Waals surface area contributed by atoms with Gasteiger partial charge in [0.1, 0.15) is 13.0 Å². The molecule has 0 saturated heterocycles. The van der Waals surface area contributed by atoms with E-state index in [0.29, 0.717) is 0 Å². The van der Waals surface area contributed by atoms with Crippen molar-refractivity contribution in [2.75, 3.05) is 33.9 Å². The van der Waals surface area contributed by atoms with Crippen molar-refractivity contribution in [2.45, 2.75) is 0 Å². The van der Waals surface area contributed by atoms with E-state index in [4.69, 9.17) is 0 Å². The first-order valence-corrected chi connectivity index (χ1v) is 3.69. The van der Waals surface area contributed by atoms with Crippen LogP contribution in [0.4, 0.5) is 0 Å². The van der Waals surface area contributed by atoms with Crippen LogP contribution >= 0.6 is 0 Å². The zero-order chi connectivity index (χ0) is 8.10. The van der Waals surface area contributed by atoms with Gasteiger partial charge in [-0.15, -0.1) is 0 Å². The molecule has 0 bridgehead atoms. The first kappa shape index (κ1) is 8.20. The number of rotatable bonds is 3. The summed E-state index contributed by atoms with van der Waals surface area (Å²) in [6.07, 6.45) is 3.42. The maximum atomic E-state index is 4.02. The van der Waals surface area contributed by atoms with Gasteiger partial charge in [0.15, 0.2) is 0 Å². The smallest absolute Gasteiger partial charge is 0.113 e. The standard InChI is InChI=1S/C7H14N4/c1-10(2)3-4-11-6-8-5-9-7-11/h5-6H,3-4,7H2,1-2H3. The van der Waals surface area contributed by atoms with Gasteiger partial charge in [0.2, 0.25) is 0 Å². The molecule has 0 N–H and O–H groups in total. The van der Waals surface area contributed by atoms with Gasteiger partial charge in [0.05, 0.1) is 6.34 Å². The topological polar surface area (TPSA) is 31.2 Å². The number of nitrogens with zero attached hydrogens (tertiary/aromatic N) is 4. The minimum absolute atomic E-state index is 0.747. The Morgan fingerprint density at radius 1 is 1.55 bits per heavy atom. The van der Waals surface area contributed by atoms with Gasteiger partial charge < -0.3 is 9.80 Å². The van der Waals surface area contributed by atoms with Crippen LogP contribution in [0, 0.1) is 0 Å². The fourth-order valence-electron chi connectivity index (χ4n) is 0.806. The molecule has 1 heterocycles. The van der Waals surface area contributed by atoms with E-state index in [1.54, 1.807) is 6.34 Å². The van der Waals surface area contributed by atoms with Crippen LogP contribution in [-0.2, 0) is 0 Å². The molecule has 1 rings (SSSR count). The molecule has 0 aromatic carbocycles. The lowest BCUT2D eigenvalue weighted by Gasteiger charge is -2.20. The lowest BCUT2D eigenvalue weighted by atomic mass is 10.5. The Morgan fingerprint density at radius 2 is 2.36 bits per heavy atom. The van der Waals surface area contributed by atoms with E-state index in [-0.39, 0.29) is 0 Å². The van der Waals surface area contributed by atoms with Crippen molar-refractivity contribution in [3.8, 4) is 0 Å². The van der Waals surface area contributed by atoms with Crippen LogP contribution in [0.15, 0.2) is 9.98 Å². The highest BCUT2D eigenvalue weighted by atomic mass is 15.3. The molecule has 62 valence electrons. The molecule has 0 unspecified atom stereocenters. The van der Waals surface area contributed by atoms with Crippen molar-refractivity contribution >= 4 is 12.7 Å². The van der Waals surface area contributed by atoms with Crippen LogP contribution in [-0.4, -0.2) is 56.3 Å². The van der Waals surface area contributed by atoms with Crippen LogP contribution in [0.1, 0.15) is 0 Å².